The van der Waals surface area contributed by atoms with E-state index < -0.39 is 0 Å². The fourth-order valence-electron chi connectivity index (χ4n) is 7.98. The van der Waals surface area contributed by atoms with Crippen LogP contribution in [0.25, 0.3) is 33.3 Å². The number of ether oxygens (including phenoxy) is 1. The van der Waals surface area contributed by atoms with Crippen molar-refractivity contribution in [3.63, 3.8) is 0 Å². The van der Waals surface area contributed by atoms with Crippen LogP contribution in [0.3, 0.4) is 0 Å². The third-order valence-electron chi connectivity index (χ3n) is 10.7. The maximum atomic E-state index is 12.4. The van der Waals surface area contributed by atoms with Crippen molar-refractivity contribution in [3.8, 4) is 28.3 Å². The molecule has 5 heterocycles. The number of hydrogen-bond acceptors (Lipinski definition) is 8. The van der Waals surface area contributed by atoms with E-state index in [0.717, 1.165) is 76.1 Å². The first-order valence-electron chi connectivity index (χ1n) is 17.7. The molecule has 12 nitrogen and oxygen atoms in total. The molecule has 1 aliphatic carbocycles. The van der Waals surface area contributed by atoms with Crippen LogP contribution in [-0.2, 0) is 37.6 Å². The Balaban J connectivity index is 0.000000261. The number of methoxy groups -OCH3 is 1. The fraction of sp³-hybridized carbons (Fsp3) is 0.375. The Morgan fingerprint density at radius 3 is 2.56 bits per heavy atom. The van der Waals surface area contributed by atoms with Gasteiger partial charge in [0.2, 0.25) is 5.88 Å². The quantitative estimate of drug-likeness (QED) is 0.192. The number of urea groups is 1. The summed E-state index contributed by atoms with van der Waals surface area (Å²) in [6, 6.07) is 19.3. The zero-order chi connectivity index (χ0) is 37.6. The van der Waals surface area contributed by atoms with Crippen LogP contribution in [0.5, 0.6) is 5.88 Å². The average molecular weight is 791 g/mol. The van der Waals surface area contributed by atoms with Gasteiger partial charge in [0.05, 0.1) is 24.9 Å². The van der Waals surface area contributed by atoms with Gasteiger partial charge in [-0.25, -0.2) is 14.6 Å². The molecule has 0 unspecified atom stereocenters. The normalized spacial score (nSPS) is 19.1. The number of hydrogen-bond donors (Lipinski definition) is 2. The van der Waals surface area contributed by atoms with Crippen molar-refractivity contribution >= 4 is 28.5 Å². The Morgan fingerprint density at radius 2 is 1.81 bits per heavy atom. The SMILES string of the molecule is COc1nc(-c2cccc(-c3ccc[c-]c3C)c2Cl)cc2c1[C@@H](N1CC[C@@]3(CN(CCO)C(=O)N3)C1)CC2.Cc1cc2c([c-]n1)c(=O)n(C)c(=O)n2C.[Mn+2]. The fourth-order valence-corrected chi connectivity index (χ4v) is 8.31. The number of benzene rings is 2. The van der Waals surface area contributed by atoms with Gasteiger partial charge in [-0.05, 0) is 53.7 Å². The van der Waals surface area contributed by atoms with E-state index >= 15 is 0 Å². The number of aryl methyl sites for hydroxylation is 4. The van der Waals surface area contributed by atoms with Crippen molar-refractivity contribution in [2.24, 2.45) is 14.1 Å². The number of nitrogens with zero attached hydrogens (tertiary/aromatic N) is 6. The monoisotopic (exact) mass is 790 g/mol. The van der Waals surface area contributed by atoms with Crippen LogP contribution < -0.4 is 21.3 Å². The molecule has 1 radical (unpaired) electrons. The molecule has 5 aromatic rings. The number of halogens is 1. The van der Waals surface area contributed by atoms with E-state index in [1.165, 1.54) is 17.2 Å². The van der Waals surface area contributed by atoms with Gasteiger partial charge < -0.3 is 39.0 Å². The summed E-state index contributed by atoms with van der Waals surface area (Å²) in [4.78, 5) is 48.8. The minimum Gasteiger partial charge on any atom is -0.481 e. The summed E-state index contributed by atoms with van der Waals surface area (Å²) < 4.78 is 8.34. The molecule has 0 bridgehead atoms. The van der Waals surface area contributed by atoms with E-state index in [0.29, 0.717) is 34.9 Å². The van der Waals surface area contributed by atoms with Gasteiger partial charge in [0.25, 0.3) is 0 Å². The Morgan fingerprint density at radius 1 is 1.06 bits per heavy atom. The van der Waals surface area contributed by atoms with E-state index in [1.807, 2.05) is 37.3 Å². The standard InChI is InChI=1S/C30H32ClN4O3.C10H10N3O2.Mn/c1-19-6-3-4-7-21(19)22-8-5-9-23(27(22)31)24-16-20-10-11-25(26(20)28(32-24)38-2)34-13-12-30(17-34)18-35(14-15-36)29(37)33-30;1-6-4-8-7(5-11-6)9(14)13(3)10(15)12(8)2;/h3-5,7-9,16,25,36H,10-15,17-18H2,1-2H3,(H,33,37);4H,1-3H3;/q2*-1;+2/t25-,30-;;/m0../s1. The summed E-state index contributed by atoms with van der Waals surface area (Å²) in [5, 5.41) is 13.5. The molecule has 54 heavy (non-hydrogen) atoms. The molecule has 14 heteroatoms. The van der Waals surface area contributed by atoms with Crippen LogP contribution in [-0.4, -0.2) is 85.5 Å². The van der Waals surface area contributed by atoms with Gasteiger partial charge in [-0.15, -0.1) is 11.6 Å². The molecule has 2 amide bonds. The number of β-amino-alcohol motifs (C(OH)–C–C–N with tert-alkyl or cyclic N) is 1. The van der Waals surface area contributed by atoms with Crippen molar-refractivity contribution in [1.29, 1.82) is 0 Å². The first kappa shape index (κ1) is 39.2. The van der Waals surface area contributed by atoms with Gasteiger partial charge in [0, 0.05) is 62.5 Å². The van der Waals surface area contributed by atoms with Gasteiger partial charge >= 0.3 is 28.8 Å². The number of aromatic nitrogens is 4. The summed E-state index contributed by atoms with van der Waals surface area (Å²) in [6.45, 7) is 6.47. The number of fused-ring (bicyclic) bond motifs is 2. The molecule has 1 spiro atoms. The Labute approximate surface area is 329 Å². The van der Waals surface area contributed by atoms with Crippen molar-refractivity contribution in [3.05, 3.63) is 109 Å². The van der Waals surface area contributed by atoms with Crippen LogP contribution in [0.1, 0.15) is 41.3 Å². The Hall–Kier alpha value is -4.52. The maximum absolute atomic E-state index is 12.4. The number of amides is 2. The second-order valence-electron chi connectivity index (χ2n) is 14.1. The molecule has 2 aliphatic heterocycles. The summed E-state index contributed by atoms with van der Waals surface area (Å²) in [6.07, 6.45) is 5.45. The molecule has 2 N–H and O–H groups in total. The minimum absolute atomic E-state index is 0. The van der Waals surface area contributed by atoms with Crippen LogP contribution in [0.15, 0.2) is 58.1 Å². The number of aliphatic hydroxyl groups excluding tert-OH is 1. The van der Waals surface area contributed by atoms with Crippen molar-refractivity contribution in [1.82, 2.24) is 34.2 Å². The summed E-state index contributed by atoms with van der Waals surface area (Å²) in [5.41, 5.74) is 7.48. The number of aliphatic hydroxyl groups is 1. The topological polar surface area (TPSA) is 135 Å². The number of rotatable bonds is 6. The summed E-state index contributed by atoms with van der Waals surface area (Å²) in [5.74, 6) is 0.643. The minimum atomic E-state index is -0.361. The molecule has 3 aliphatic rings. The Bertz CT molecular complexity index is 2360. The Kier molecular flexibility index (Phi) is 11.4. The summed E-state index contributed by atoms with van der Waals surface area (Å²) >= 11 is 6.99. The van der Waals surface area contributed by atoms with Crippen LogP contribution in [0.2, 0.25) is 5.02 Å². The van der Waals surface area contributed by atoms with Crippen LogP contribution >= 0.6 is 11.6 Å². The number of likely N-dealkylation sites (tertiary alicyclic amines) is 1. The van der Waals surface area contributed by atoms with E-state index in [-0.39, 0.29) is 52.5 Å². The average Bonchev–Trinajstić information content (AvgIpc) is 3.86. The summed E-state index contributed by atoms with van der Waals surface area (Å²) in [7, 11) is 4.74. The molecule has 0 saturated carbocycles. The molecule has 8 rings (SSSR count). The number of pyridine rings is 2. The second kappa shape index (κ2) is 15.7. The van der Waals surface area contributed by atoms with Crippen molar-refractivity contribution in [2.45, 2.75) is 44.7 Å². The van der Waals surface area contributed by atoms with Crippen molar-refractivity contribution in [2.75, 3.05) is 39.9 Å². The first-order valence-corrected chi connectivity index (χ1v) is 18.0. The molecule has 2 fully saturated rings. The van der Waals surface area contributed by atoms with E-state index in [2.05, 4.69) is 39.6 Å². The molecule has 2 aromatic carbocycles. The second-order valence-corrected chi connectivity index (χ2v) is 14.4. The van der Waals surface area contributed by atoms with E-state index in [1.54, 1.807) is 32.0 Å². The zero-order valence-electron chi connectivity index (χ0n) is 30.9. The molecule has 3 aromatic heterocycles. The van der Waals surface area contributed by atoms with Crippen molar-refractivity contribution < 1.29 is 31.7 Å². The predicted molar refractivity (Wildman–Crippen MR) is 203 cm³/mol. The molecular weight excluding hydrogens is 749 g/mol. The van der Waals surface area contributed by atoms with Gasteiger partial charge in [-0.3, -0.25) is 4.90 Å². The van der Waals surface area contributed by atoms with E-state index in [9.17, 15) is 19.5 Å². The number of nitrogens with one attached hydrogen (secondary N) is 1. The van der Waals surface area contributed by atoms with Crippen LogP contribution in [0.4, 0.5) is 4.79 Å². The van der Waals surface area contributed by atoms with Crippen LogP contribution in [0, 0.1) is 26.1 Å². The molecule has 281 valence electrons. The van der Waals surface area contributed by atoms with Gasteiger partial charge in [0.1, 0.15) is 0 Å². The predicted octanol–water partition coefficient (Wildman–Crippen LogP) is 4.37. The molecule has 2 saturated heterocycles. The number of carbonyl (C=O) groups excluding carboxylic acids is 1. The zero-order valence-corrected chi connectivity index (χ0v) is 32.8. The maximum Gasteiger partial charge on any atom is 2.00 e. The van der Waals surface area contributed by atoms with Gasteiger partial charge in [-0.2, -0.15) is 29.8 Å². The number of carbonyl (C=O) groups is 1. The first-order chi connectivity index (χ1) is 25.4. The smallest absolute Gasteiger partial charge is 0.481 e. The van der Waals surface area contributed by atoms with Gasteiger partial charge in [-0.1, -0.05) is 49.2 Å². The van der Waals surface area contributed by atoms with Gasteiger partial charge in [0.15, 0.2) is 5.56 Å². The third kappa shape index (κ3) is 7.07. The van der Waals surface area contributed by atoms with E-state index in [4.69, 9.17) is 21.3 Å². The molecule has 2 atom stereocenters. The third-order valence-corrected chi connectivity index (χ3v) is 11.1. The largest absolute Gasteiger partial charge is 2.00 e. The molecular formula is C40H42ClMnN7O5.